The number of H-pyrrole nitrogens is 1. The summed E-state index contributed by atoms with van der Waals surface area (Å²) in [5, 5.41) is 1.29. The highest BCUT2D eigenvalue weighted by atomic mass is 32.2. The number of thioether (sulfide) groups is 1. The van der Waals surface area contributed by atoms with Crippen LogP contribution < -0.4 is 5.56 Å². The van der Waals surface area contributed by atoms with Crippen molar-refractivity contribution in [1.82, 2.24) is 14.5 Å². The van der Waals surface area contributed by atoms with Gasteiger partial charge in [0, 0.05) is 12.2 Å². The smallest absolute Gasteiger partial charge is 0.262 e. The van der Waals surface area contributed by atoms with Crippen LogP contribution in [0.15, 0.2) is 52.5 Å². The maximum Gasteiger partial charge on any atom is 0.262 e. The first-order chi connectivity index (χ1) is 13.6. The molecule has 2 aromatic heterocycles. The van der Waals surface area contributed by atoms with Gasteiger partial charge in [0.05, 0.1) is 22.3 Å². The predicted molar refractivity (Wildman–Crippen MR) is 113 cm³/mol. The summed E-state index contributed by atoms with van der Waals surface area (Å²) in [6, 6.07) is 11.2. The van der Waals surface area contributed by atoms with Crippen LogP contribution in [0.25, 0.3) is 10.9 Å². The third kappa shape index (κ3) is 3.53. The maximum absolute atomic E-state index is 13.4. The molecular formula is C22H25N3O2S. The van der Waals surface area contributed by atoms with Crippen molar-refractivity contribution in [2.45, 2.75) is 44.3 Å². The van der Waals surface area contributed by atoms with E-state index in [1.165, 1.54) is 18.2 Å². The van der Waals surface area contributed by atoms with Crippen LogP contribution in [0.2, 0.25) is 0 Å². The minimum Gasteiger partial charge on any atom is -0.359 e. The summed E-state index contributed by atoms with van der Waals surface area (Å²) in [4.78, 5) is 33.6. The quantitative estimate of drug-likeness (QED) is 0.386. The lowest BCUT2D eigenvalue weighted by molar-refractivity contribution is 0.101. The number of aromatic nitrogens is 3. The van der Waals surface area contributed by atoms with Crippen LogP contribution in [0.4, 0.5) is 0 Å². The average molecular weight is 396 g/mol. The number of aromatic amines is 1. The number of nitrogens with zero attached hydrogens (tertiary/aromatic N) is 2. The number of hydrogen-bond donors (Lipinski definition) is 1. The summed E-state index contributed by atoms with van der Waals surface area (Å²) in [5.74, 6) is 1.22. The van der Waals surface area contributed by atoms with Crippen LogP contribution in [0, 0.1) is 11.8 Å². The van der Waals surface area contributed by atoms with E-state index < -0.39 is 0 Å². The van der Waals surface area contributed by atoms with Crippen molar-refractivity contribution < 1.29 is 4.79 Å². The van der Waals surface area contributed by atoms with Gasteiger partial charge in [0.2, 0.25) is 0 Å². The van der Waals surface area contributed by atoms with Crippen LogP contribution >= 0.6 is 11.8 Å². The number of nitrogens with one attached hydrogen (secondary N) is 1. The highest BCUT2D eigenvalue weighted by Crippen LogP contribution is 2.38. The summed E-state index contributed by atoms with van der Waals surface area (Å²) in [6.45, 7) is 4.49. The molecule has 4 rings (SSSR count). The van der Waals surface area contributed by atoms with Crippen LogP contribution in [0.5, 0.6) is 0 Å². The standard InChI is InChI=1S/C22H25N3O2S/c1-14-7-5-11-19(15(14)2)25-21(27)16-8-3-4-9-17(16)24-22(25)28-13-20(26)18-10-6-12-23-18/h3-4,6,8-10,12,14-15,19,23H,5,7,11,13H2,1-2H3/t14-,15-,19-/m1/s1. The van der Waals surface area contributed by atoms with Gasteiger partial charge >= 0.3 is 0 Å². The van der Waals surface area contributed by atoms with Gasteiger partial charge in [-0.15, -0.1) is 0 Å². The zero-order chi connectivity index (χ0) is 19.7. The molecule has 1 aromatic carbocycles. The van der Waals surface area contributed by atoms with Gasteiger partial charge in [-0.2, -0.15) is 0 Å². The first-order valence-electron chi connectivity index (χ1n) is 9.87. The third-order valence-corrected chi connectivity index (χ3v) is 6.95. The SMILES string of the molecule is C[C@@H]1[C@H](C)CCC[C@H]1n1c(SCC(=O)c2ccc[nH]2)nc2ccccc2c1=O. The molecule has 28 heavy (non-hydrogen) atoms. The molecule has 3 aromatic rings. The van der Waals surface area contributed by atoms with E-state index in [2.05, 4.69) is 18.8 Å². The Morgan fingerprint density at radius 3 is 2.82 bits per heavy atom. The van der Waals surface area contributed by atoms with E-state index in [1.54, 1.807) is 12.3 Å². The van der Waals surface area contributed by atoms with Crippen LogP contribution in [0.1, 0.15) is 49.6 Å². The van der Waals surface area contributed by atoms with Gasteiger partial charge in [-0.05, 0) is 42.5 Å². The van der Waals surface area contributed by atoms with E-state index in [0.717, 1.165) is 12.8 Å². The number of para-hydroxylation sites is 1. The normalized spacial score (nSPS) is 22.4. The largest absolute Gasteiger partial charge is 0.359 e. The maximum atomic E-state index is 13.4. The van der Waals surface area contributed by atoms with E-state index >= 15 is 0 Å². The molecule has 1 N–H and O–H groups in total. The molecular weight excluding hydrogens is 370 g/mol. The Bertz CT molecular complexity index is 1040. The Balaban J connectivity index is 1.75. The van der Waals surface area contributed by atoms with Crippen molar-refractivity contribution >= 4 is 28.4 Å². The summed E-state index contributed by atoms with van der Waals surface area (Å²) < 4.78 is 1.87. The Morgan fingerprint density at radius 1 is 1.21 bits per heavy atom. The molecule has 1 aliphatic rings. The number of carbonyl (C=O) groups is 1. The fourth-order valence-electron chi connectivity index (χ4n) is 4.15. The summed E-state index contributed by atoms with van der Waals surface area (Å²) in [6.07, 6.45) is 5.03. The van der Waals surface area contributed by atoms with Crippen molar-refractivity contribution in [2.75, 3.05) is 5.75 Å². The summed E-state index contributed by atoms with van der Waals surface area (Å²) in [7, 11) is 0. The lowest BCUT2D eigenvalue weighted by Gasteiger charge is -2.36. The van der Waals surface area contributed by atoms with E-state index in [0.29, 0.717) is 33.6 Å². The number of rotatable bonds is 5. The first kappa shape index (κ1) is 19.0. The lowest BCUT2D eigenvalue weighted by Crippen LogP contribution is -2.35. The zero-order valence-electron chi connectivity index (χ0n) is 16.2. The van der Waals surface area contributed by atoms with Gasteiger partial charge in [-0.25, -0.2) is 4.98 Å². The molecule has 0 radical (unpaired) electrons. The molecule has 1 fully saturated rings. The molecule has 0 bridgehead atoms. The molecule has 1 saturated carbocycles. The number of hydrogen-bond acceptors (Lipinski definition) is 4. The minimum atomic E-state index is 0.00590. The zero-order valence-corrected chi connectivity index (χ0v) is 17.0. The molecule has 3 atom stereocenters. The number of benzene rings is 1. The van der Waals surface area contributed by atoms with Gasteiger partial charge in [0.15, 0.2) is 10.9 Å². The molecule has 0 aliphatic heterocycles. The Morgan fingerprint density at radius 2 is 2.04 bits per heavy atom. The van der Waals surface area contributed by atoms with Crippen molar-refractivity contribution in [3.05, 3.63) is 58.6 Å². The summed E-state index contributed by atoms with van der Waals surface area (Å²) in [5.41, 5.74) is 1.28. The second-order valence-corrected chi connectivity index (χ2v) is 8.66. The van der Waals surface area contributed by atoms with Gasteiger partial charge in [0.1, 0.15) is 0 Å². The first-order valence-corrected chi connectivity index (χ1v) is 10.9. The second kappa shape index (κ2) is 7.95. The number of ketones is 1. The van der Waals surface area contributed by atoms with E-state index in [4.69, 9.17) is 4.98 Å². The van der Waals surface area contributed by atoms with E-state index in [9.17, 15) is 9.59 Å². The fourth-order valence-corrected chi connectivity index (χ4v) is 5.09. The van der Waals surface area contributed by atoms with Crippen LogP contribution in [-0.4, -0.2) is 26.1 Å². The molecule has 0 spiro atoms. The molecule has 146 valence electrons. The minimum absolute atomic E-state index is 0.00590. The Labute approximate surface area is 168 Å². The predicted octanol–water partition coefficient (Wildman–Crippen LogP) is 4.70. The fraction of sp³-hybridized carbons (Fsp3) is 0.409. The van der Waals surface area contributed by atoms with E-state index in [-0.39, 0.29) is 23.1 Å². The van der Waals surface area contributed by atoms with Crippen LogP contribution in [0.3, 0.4) is 0 Å². The highest BCUT2D eigenvalue weighted by molar-refractivity contribution is 7.99. The van der Waals surface area contributed by atoms with E-state index in [1.807, 2.05) is 34.9 Å². The molecule has 1 aliphatic carbocycles. The molecule has 0 saturated heterocycles. The molecule has 0 unspecified atom stereocenters. The second-order valence-electron chi connectivity index (χ2n) is 7.72. The summed E-state index contributed by atoms with van der Waals surface area (Å²) >= 11 is 1.36. The number of Topliss-reactive ketones (excluding diaryl/α,β-unsaturated/α-hetero) is 1. The average Bonchev–Trinajstić information content (AvgIpc) is 3.24. The van der Waals surface area contributed by atoms with Gasteiger partial charge < -0.3 is 4.98 Å². The van der Waals surface area contributed by atoms with Gasteiger partial charge in [-0.3, -0.25) is 14.2 Å². The Hall–Kier alpha value is -2.34. The van der Waals surface area contributed by atoms with Crippen molar-refractivity contribution in [3.8, 4) is 0 Å². The number of carbonyl (C=O) groups excluding carboxylic acids is 1. The van der Waals surface area contributed by atoms with Crippen molar-refractivity contribution in [2.24, 2.45) is 11.8 Å². The van der Waals surface area contributed by atoms with Crippen molar-refractivity contribution in [3.63, 3.8) is 0 Å². The molecule has 6 heteroatoms. The van der Waals surface area contributed by atoms with Gasteiger partial charge in [-0.1, -0.05) is 50.6 Å². The highest BCUT2D eigenvalue weighted by Gasteiger charge is 2.31. The van der Waals surface area contributed by atoms with Crippen LogP contribution in [-0.2, 0) is 0 Å². The Kier molecular flexibility index (Phi) is 5.40. The van der Waals surface area contributed by atoms with Gasteiger partial charge in [0.25, 0.3) is 5.56 Å². The number of fused-ring (bicyclic) bond motifs is 1. The topological polar surface area (TPSA) is 67.8 Å². The molecule has 2 heterocycles. The molecule has 0 amide bonds. The molecule has 5 nitrogen and oxygen atoms in total. The monoisotopic (exact) mass is 395 g/mol. The third-order valence-electron chi connectivity index (χ3n) is 6.00. The van der Waals surface area contributed by atoms with Crippen molar-refractivity contribution in [1.29, 1.82) is 0 Å². The lowest BCUT2D eigenvalue weighted by atomic mass is 9.78.